The van der Waals surface area contributed by atoms with Crippen molar-refractivity contribution in [1.29, 1.82) is 0 Å². The van der Waals surface area contributed by atoms with E-state index in [1.54, 1.807) is 6.92 Å². The minimum atomic E-state index is -0.775. The summed E-state index contributed by atoms with van der Waals surface area (Å²) in [6, 6.07) is 10.1. The molecule has 4 nitrogen and oxygen atoms in total. The number of carboxylic acid groups (broad SMARTS) is 1. The Morgan fingerprint density at radius 1 is 1.35 bits per heavy atom. The SMILES string of the molecule is CC(CCCNC(=O)C1CC1c1ccccc1)C(=O)O. The lowest BCUT2D eigenvalue weighted by atomic mass is 10.1. The molecule has 1 fully saturated rings. The number of amides is 1. The minimum Gasteiger partial charge on any atom is -0.481 e. The van der Waals surface area contributed by atoms with E-state index in [9.17, 15) is 9.59 Å². The Kier molecular flexibility index (Phi) is 4.77. The zero-order chi connectivity index (χ0) is 14.5. The number of rotatable bonds is 7. The van der Waals surface area contributed by atoms with Gasteiger partial charge in [0.25, 0.3) is 0 Å². The molecule has 4 heteroatoms. The molecule has 0 aliphatic heterocycles. The van der Waals surface area contributed by atoms with Crippen molar-refractivity contribution in [3.8, 4) is 0 Å². The van der Waals surface area contributed by atoms with Crippen LogP contribution in [0.2, 0.25) is 0 Å². The van der Waals surface area contributed by atoms with Crippen molar-refractivity contribution in [2.45, 2.75) is 32.1 Å². The summed E-state index contributed by atoms with van der Waals surface area (Å²) in [6.07, 6.45) is 2.23. The zero-order valence-electron chi connectivity index (χ0n) is 11.7. The summed E-state index contributed by atoms with van der Waals surface area (Å²) in [7, 11) is 0. The Hall–Kier alpha value is -1.84. The van der Waals surface area contributed by atoms with Crippen molar-refractivity contribution in [2.24, 2.45) is 11.8 Å². The normalized spacial score (nSPS) is 22.1. The van der Waals surface area contributed by atoms with E-state index in [2.05, 4.69) is 17.4 Å². The predicted octanol–water partition coefficient (Wildman–Crippen LogP) is 2.41. The van der Waals surface area contributed by atoms with Crippen molar-refractivity contribution in [3.63, 3.8) is 0 Å². The number of aliphatic carboxylic acids is 1. The molecule has 1 amide bonds. The molecule has 20 heavy (non-hydrogen) atoms. The van der Waals surface area contributed by atoms with Crippen LogP contribution < -0.4 is 5.32 Å². The van der Waals surface area contributed by atoms with Crippen LogP contribution in [-0.4, -0.2) is 23.5 Å². The first kappa shape index (κ1) is 14.6. The first-order chi connectivity index (χ1) is 9.59. The van der Waals surface area contributed by atoms with Gasteiger partial charge in [0.15, 0.2) is 0 Å². The third-order valence-electron chi connectivity index (χ3n) is 3.89. The summed E-state index contributed by atoms with van der Waals surface area (Å²) in [5, 5.41) is 11.7. The summed E-state index contributed by atoms with van der Waals surface area (Å²) in [5.41, 5.74) is 1.23. The highest BCUT2D eigenvalue weighted by molar-refractivity contribution is 5.82. The maximum atomic E-state index is 11.9. The van der Waals surface area contributed by atoms with E-state index in [1.165, 1.54) is 5.56 Å². The van der Waals surface area contributed by atoms with E-state index in [0.29, 0.717) is 25.3 Å². The fraction of sp³-hybridized carbons (Fsp3) is 0.500. The number of carboxylic acids is 1. The molecule has 0 heterocycles. The zero-order valence-corrected chi connectivity index (χ0v) is 11.7. The molecule has 1 saturated carbocycles. The molecule has 3 atom stereocenters. The average molecular weight is 275 g/mol. The van der Waals surface area contributed by atoms with Gasteiger partial charge in [0.1, 0.15) is 0 Å². The summed E-state index contributed by atoms with van der Waals surface area (Å²) in [4.78, 5) is 22.6. The molecule has 0 radical (unpaired) electrons. The van der Waals surface area contributed by atoms with Crippen LogP contribution in [0.15, 0.2) is 30.3 Å². The summed E-state index contributed by atoms with van der Waals surface area (Å²) >= 11 is 0. The first-order valence-corrected chi connectivity index (χ1v) is 7.15. The number of carbonyl (C=O) groups excluding carboxylic acids is 1. The number of hydrogen-bond donors (Lipinski definition) is 2. The van der Waals surface area contributed by atoms with Crippen LogP contribution in [0.5, 0.6) is 0 Å². The van der Waals surface area contributed by atoms with Gasteiger partial charge in [-0.25, -0.2) is 0 Å². The Morgan fingerprint density at radius 2 is 2.05 bits per heavy atom. The molecular formula is C16H21NO3. The van der Waals surface area contributed by atoms with Crippen molar-refractivity contribution < 1.29 is 14.7 Å². The van der Waals surface area contributed by atoms with Gasteiger partial charge in [-0.1, -0.05) is 37.3 Å². The van der Waals surface area contributed by atoms with E-state index < -0.39 is 5.97 Å². The van der Waals surface area contributed by atoms with Crippen LogP contribution in [0.25, 0.3) is 0 Å². The summed E-state index contributed by atoms with van der Waals surface area (Å²) < 4.78 is 0. The minimum absolute atomic E-state index is 0.0919. The first-order valence-electron chi connectivity index (χ1n) is 7.15. The van der Waals surface area contributed by atoms with Gasteiger partial charge in [0.2, 0.25) is 5.91 Å². The quantitative estimate of drug-likeness (QED) is 0.751. The summed E-state index contributed by atoms with van der Waals surface area (Å²) in [5.74, 6) is -0.571. The second kappa shape index (κ2) is 6.55. The lowest BCUT2D eigenvalue weighted by molar-refractivity contribution is -0.141. The van der Waals surface area contributed by atoms with Crippen LogP contribution in [0.3, 0.4) is 0 Å². The molecule has 0 saturated heterocycles. The van der Waals surface area contributed by atoms with Crippen molar-refractivity contribution in [3.05, 3.63) is 35.9 Å². The smallest absolute Gasteiger partial charge is 0.306 e. The van der Waals surface area contributed by atoms with E-state index in [0.717, 1.165) is 6.42 Å². The van der Waals surface area contributed by atoms with Gasteiger partial charge in [0.05, 0.1) is 5.92 Å². The van der Waals surface area contributed by atoms with Crippen molar-refractivity contribution >= 4 is 11.9 Å². The molecule has 1 aromatic carbocycles. The molecule has 0 bridgehead atoms. The van der Waals surface area contributed by atoms with Gasteiger partial charge in [-0.3, -0.25) is 9.59 Å². The third-order valence-corrected chi connectivity index (χ3v) is 3.89. The largest absolute Gasteiger partial charge is 0.481 e. The van der Waals surface area contributed by atoms with Gasteiger partial charge in [-0.05, 0) is 30.7 Å². The molecule has 108 valence electrons. The Morgan fingerprint density at radius 3 is 2.70 bits per heavy atom. The molecule has 2 N–H and O–H groups in total. The third kappa shape index (κ3) is 3.83. The number of benzene rings is 1. The number of hydrogen-bond acceptors (Lipinski definition) is 2. The van der Waals surface area contributed by atoms with E-state index >= 15 is 0 Å². The Bertz CT molecular complexity index is 472. The highest BCUT2D eigenvalue weighted by Crippen LogP contribution is 2.47. The fourth-order valence-electron chi connectivity index (χ4n) is 2.43. The standard InChI is InChI=1S/C16H21NO3/c1-11(16(19)20)6-5-9-17-15(18)14-10-13(14)12-7-3-2-4-8-12/h2-4,7-8,11,13-14H,5-6,9-10H2,1H3,(H,17,18)(H,19,20). The van der Waals surface area contributed by atoms with Crippen LogP contribution in [-0.2, 0) is 9.59 Å². The lowest BCUT2D eigenvalue weighted by Gasteiger charge is -2.07. The van der Waals surface area contributed by atoms with Gasteiger partial charge in [-0.2, -0.15) is 0 Å². The molecule has 0 aromatic heterocycles. The highest BCUT2D eigenvalue weighted by Gasteiger charge is 2.43. The molecule has 3 unspecified atom stereocenters. The number of nitrogens with one attached hydrogen (secondary N) is 1. The van der Waals surface area contributed by atoms with Gasteiger partial charge in [0, 0.05) is 12.5 Å². The molecular weight excluding hydrogens is 254 g/mol. The molecule has 1 aliphatic carbocycles. The Labute approximate surface area is 119 Å². The molecule has 1 aliphatic rings. The van der Waals surface area contributed by atoms with Crippen LogP contribution >= 0.6 is 0 Å². The maximum Gasteiger partial charge on any atom is 0.306 e. The van der Waals surface area contributed by atoms with Crippen LogP contribution in [0.1, 0.15) is 37.7 Å². The topological polar surface area (TPSA) is 66.4 Å². The van der Waals surface area contributed by atoms with E-state index in [-0.39, 0.29) is 17.7 Å². The van der Waals surface area contributed by atoms with Gasteiger partial charge >= 0.3 is 5.97 Å². The lowest BCUT2D eigenvalue weighted by Crippen LogP contribution is -2.27. The van der Waals surface area contributed by atoms with Crippen LogP contribution in [0, 0.1) is 11.8 Å². The maximum absolute atomic E-state index is 11.9. The van der Waals surface area contributed by atoms with E-state index in [4.69, 9.17) is 5.11 Å². The second-order valence-corrected chi connectivity index (χ2v) is 5.53. The fourth-order valence-corrected chi connectivity index (χ4v) is 2.43. The van der Waals surface area contributed by atoms with E-state index in [1.807, 2.05) is 18.2 Å². The monoisotopic (exact) mass is 275 g/mol. The highest BCUT2D eigenvalue weighted by atomic mass is 16.4. The van der Waals surface area contributed by atoms with Crippen molar-refractivity contribution in [1.82, 2.24) is 5.32 Å². The average Bonchev–Trinajstić information content (AvgIpc) is 3.24. The van der Waals surface area contributed by atoms with Gasteiger partial charge < -0.3 is 10.4 Å². The van der Waals surface area contributed by atoms with Gasteiger partial charge in [-0.15, -0.1) is 0 Å². The number of carbonyl (C=O) groups is 2. The van der Waals surface area contributed by atoms with Crippen molar-refractivity contribution in [2.75, 3.05) is 6.54 Å². The predicted molar refractivity (Wildman–Crippen MR) is 76.3 cm³/mol. The molecule has 0 spiro atoms. The second-order valence-electron chi connectivity index (χ2n) is 5.53. The molecule has 1 aromatic rings. The Balaban J connectivity index is 1.66. The summed E-state index contributed by atoms with van der Waals surface area (Å²) in [6.45, 7) is 2.25. The van der Waals surface area contributed by atoms with Crippen LogP contribution in [0.4, 0.5) is 0 Å². The molecule has 2 rings (SSSR count).